The summed E-state index contributed by atoms with van der Waals surface area (Å²) in [5.41, 5.74) is 3.37. The molecule has 0 saturated carbocycles. The zero-order chi connectivity index (χ0) is 22.5. The van der Waals surface area contributed by atoms with Crippen molar-refractivity contribution in [2.24, 2.45) is 0 Å². The van der Waals surface area contributed by atoms with Crippen molar-refractivity contribution in [1.82, 2.24) is 5.32 Å². The van der Waals surface area contributed by atoms with Gasteiger partial charge in [-0.3, -0.25) is 0 Å². The van der Waals surface area contributed by atoms with Gasteiger partial charge < -0.3 is 20.3 Å². The number of thiophene rings is 1. The average molecular weight is 506 g/mol. The molecule has 1 aromatic heterocycles. The van der Waals surface area contributed by atoms with E-state index in [1.165, 1.54) is 22.5 Å². The third kappa shape index (κ3) is 7.06. The number of benzene rings is 2. The highest BCUT2D eigenvalue weighted by molar-refractivity contribution is 7.14. The van der Waals surface area contributed by atoms with Crippen LogP contribution in [0.2, 0.25) is 5.02 Å². The number of ether oxygens (including phenoxy) is 1. The summed E-state index contributed by atoms with van der Waals surface area (Å²) in [4.78, 5) is 11.5. The van der Waals surface area contributed by atoms with E-state index in [0.717, 1.165) is 41.5 Å². The van der Waals surface area contributed by atoms with Crippen molar-refractivity contribution < 1.29 is 19.7 Å². The Bertz CT molecular complexity index is 1130. The fraction of sp³-hybridized carbons (Fsp3) is 0.240. The first-order valence-electron chi connectivity index (χ1n) is 10.4. The van der Waals surface area contributed by atoms with E-state index >= 15 is 0 Å². The molecule has 3 N–H and O–H groups in total. The number of nitrogens with one attached hydrogen (secondary N) is 1. The molecule has 0 aliphatic heterocycles. The average Bonchev–Trinajstić information content (AvgIpc) is 3.23. The first-order chi connectivity index (χ1) is 15.5. The van der Waals surface area contributed by atoms with Crippen LogP contribution in [0.3, 0.4) is 0 Å². The van der Waals surface area contributed by atoms with Gasteiger partial charge in [-0.2, -0.15) is 0 Å². The van der Waals surface area contributed by atoms with Gasteiger partial charge in [0.05, 0.1) is 6.10 Å². The molecule has 0 bridgehead atoms. The van der Waals surface area contributed by atoms with Crippen molar-refractivity contribution in [1.29, 1.82) is 0 Å². The second-order valence-electron chi connectivity index (χ2n) is 7.78. The van der Waals surface area contributed by atoms with Crippen LogP contribution in [0.25, 0.3) is 6.08 Å². The summed E-state index contributed by atoms with van der Waals surface area (Å²) in [5, 5.41) is 24.0. The van der Waals surface area contributed by atoms with Crippen LogP contribution < -0.4 is 10.1 Å². The lowest BCUT2D eigenvalue weighted by molar-refractivity contribution is -0.131. The van der Waals surface area contributed by atoms with Gasteiger partial charge in [-0.05, 0) is 78.4 Å². The Morgan fingerprint density at radius 1 is 1.21 bits per heavy atom. The summed E-state index contributed by atoms with van der Waals surface area (Å²) in [6.07, 6.45) is 4.92. The minimum absolute atomic E-state index is 0. The van der Waals surface area contributed by atoms with E-state index in [4.69, 9.17) is 21.4 Å². The third-order valence-electron chi connectivity index (χ3n) is 5.45. The second-order valence-corrected chi connectivity index (χ2v) is 9.29. The highest BCUT2D eigenvalue weighted by Crippen LogP contribution is 2.33. The molecule has 0 radical (unpaired) electrons. The number of hydrogen-bond acceptors (Lipinski definition) is 5. The van der Waals surface area contributed by atoms with Gasteiger partial charge in [0.25, 0.3) is 0 Å². The van der Waals surface area contributed by atoms with Crippen LogP contribution in [0, 0.1) is 0 Å². The number of rotatable bonds is 8. The Morgan fingerprint density at radius 3 is 2.85 bits per heavy atom. The van der Waals surface area contributed by atoms with Gasteiger partial charge in [0.1, 0.15) is 5.75 Å². The lowest BCUT2D eigenvalue weighted by Gasteiger charge is -2.27. The lowest BCUT2D eigenvalue weighted by Crippen LogP contribution is -2.37. The Kier molecular flexibility index (Phi) is 8.95. The summed E-state index contributed by atoms with van der Waals surface area (Å²) >= 11 is 7.42. The minimum Gasteiger partial charge on any atom is -0.478 e. The Hall–Kier alpha value is -2.35. The maximum Gasteiger partial charge on any atom is 0.328 e. The van der Waals surface area contributed by atoms with Gasteiger partial charge in [0.2, 0.25) is 0 Å². The topological polar surface area (TPSA) is 78.8 Å². The Labute approximate surface area is 208 Å². The molecule has 5 nitrogen and oxygen atoms in total. The van der Waals surface area contributed by atoms with Crippen LogP contribution in [-0.4, -0.2) is 28.8 Å². The van der Waals surface area contributed by atoms with Gasteiger partial charge in [0.15, 0.2) is 5.06 Å². The summed E-state index contributed by atoms with van der Waals surface area (Å²) in [6.45, 7) is 0.471. The number of aliphatic carboxylic acids is 1. The molecule has 4 rings (SSSR count). The van der Waals surface area contributed by atoms with Gasteiger partial charge in [-0.25, -0.2) is 4.79 Å². The maximum atomic E-state index is 10.7. The summed E-state index contributed by atoms with van der Waals surface area (Å²) in [5.74, 6) is -0.210. The van der Waals surface area contributed by atoms with E-state index in [1.807, 2.05) is 30.3 Å². The van der Waals surface area contributed by atoms with Crippen LogP contribution in [0.5, 0.6) is 10.8 Å². The van der Waals surface area contributed by atoms with Crippen LogP contribution in [-0.2, 0) is 17.6 Å². The molecule has 0 amide bonds. The van der Waals surface area contributed by atoms with Crippen molar-refractivity contribution in [3.8, 4) is 10.8 Å². The number of halogens is 2. The lowest BCUT2D eigenvalue weighted by atomic mass is 9.88. The third-order valence-corrected chi connectivity index (χ3v) is 6.61. The highest BCUT2D eigenvalue weighted by Gasteiger charge is 2.20. The molecule has 174 valence electrons. The molecule has 1 aliphatic rings. The fourth-order valence-electron chi connectivity index (χ4n) is 3.83. The quantitative estimate of drug-likeness (QED) is 0.332. The molecule has 0 saturated heterocycles. The predicted molar refractivity (Wildman–Crippen MR) is 135 cm³/mol. The van der Waals surface area contributed by atoms with E-state index in [2.05, 4.69) is 17.4 Å². The van der Waals surface area contributed by atoms with E-state index in [1.54, 1.807) is 18.2 Å². The van der Waals surface area contributed by atoms with Crippen LogP contribution in [0.1, 0.15) is 34.1 Å². The molecule has 1 heterocycles. The number of aliphatic hydroxyl groups excluding tert-OH is 1. The second kappa shape index (κ2) is 11.7. The van der Waals surface area contributed by atoms with Crippen molar-refractivity contribution in [3.05, 3.63) is 87.3 Å². The summed E-state index contributed by atoms with van der Waals surface area (Å²) < 4.78 is 6.00. The maximum absolute atomic E-state index is 10.7. The zero-order valence-corrected chi connectivity index (χ0v) is 20.1. The van der Waals surface area contributed by atoms with Gasteiger partial charge in [0, 0.05) is 28.6 Å². The first-order valence-corrected chi connectivity index (χ1v) is 11.6. The molecule has 0 unspecified atom stereocenters. The van der Waals surface area contributed by atoms with Crippen molar-refractivity contribution in [2.45, 2.75) is 31.4 Å². The summed E-state index contributed by atoms with van der Waals surface area (Å²) in [7, 11) is 0. The number of carbonyl (C=O) groups is 1. The van der Waals surface area contributed by atoms with Crippen LogP contribution >= 0.6 is 35.3 Å². The van der Waals surface area contributed by atoms with Crippen molar-refractivity contribution in [2.75, 3.05) is 6.54 Å². The SMILES string of the molecule is Cl.O=C(O)C=Cc1ccc(Oc2ccc3c(c2)C[C@@H](NC[C@@H](O)c2cccc(Cl)c2)CC3)s1. The van der Waals surface area contributed by atoms with Crippen molar-refractivity contribution >= 4 is 47.4 Å². The number of aliphatic hydroxyl groups is 1. The molecule has 2 atom stereocenters. The molecule has 0 spiro atoms. The first kappa shape index (κ1) is 25.3. The van der Waals surface area contributed by atoms with E-state index in [0.29, 0.717) is 16.6 Å². The number of fused-ring (bicyclic) bond motifs is 1. The van der Waals surface area contributed by atoms with Crippen LogP contribution in [0.15, 0.2) is 60.7 Å². The molecular formula is C25H25Cl2NO4S. The van der Waals surface area contributed by atoms with Gasteiger partial charge in [-0.15, -0.1) is 12.4 Å². The van der Waals surface area contributed by atoms with E-state index in [-0.39, 0.29) is 18.4 Å². The molecule has 33 heavy (non-hydrogen) atoms. The molecule has 3 aromatic rings. The van der Waals surface area contributed by atoms with Gasteiger partial charge in [-0.1, -0.05) is 41.1 Å². The Morgan fingerprint density at radius 2 is 2.06 bits per heavy atom. The van der Waals surface area contributed by atoms with Crippen LogP contribution in [0.4, 0.5) is 0 Å². The number of hydrogen-bond donors (Lipinski definition) is 3. The van der Waals surface area contributed by atoms with E-state index in [9.17, 15) is 9.90 Å². The highest BCUT2D eigenvalue weighted by atomic mass is 35.5. The van der Waals surface area contributed by atoms with Crippen molar-refractivity contribution in [3.63, 3.8) is 0 Å². The molecular weight excluding hydrogens is 481 g/mol. The molecule has 0 fully saturated rings. The number of aryl methyl sites for hydroxylation is 1. The van der Waals surface area contributed by atoms with Gasteiger partial charge >= 0.3 is 5.97 Å². The Balaban J connectivity index is 0.00000306. The minimum atomic E-state index is -0.973. The smallest absolute Gasteiger partial charge is 0.328 e. The summed E-state index contributed by atoms with van der Waals surface area (Å²) in [6, 6.07) is 17.4. The zero-order valence-electron chi connectivity index (χ0n) is 17.7. The number of carboxylic acids is 1. The molecule has 1 aliphatic carbocycles. The largest absolute Gasteiger partial charge is 0.478 e. The molecule has 8 heteroatoms. The fourth-order valence-corrected chi connectivity index (χ4v) is 4.81. The predicted octanol–water partition coefficient (Wildman–Crippen LogP) is 5.89. The monoisotopic (exact) mass is 505 g/mol. The standard InChI is InChI=1S/C25H24ClNO4S.ClH/c26-19-3-1-2-17(12-19)23(28)15-27-20-6-4-16-5-7-21(14-18(16)13-20)31-25-11-9-22(32-25)8-10-24(29)30;/h1-3,5,7-12,14,20,23,27-28H,4,6,13,15H2,(H,29,30);1H/t20-,23+;/m0./s1. The normalized spacial score (nSPS) is 16.1. The number of carboxylic acid groups (broad SMARTS) is 1. The molecule has 2 aromatic carbocycles. The van der Waals surface area contributed by atoms with E-state index < -0.39 is 12.1 Å².